The van der Waals surface area contributed by atoms with Crippen molar-refractivity contribution >= 4 is 5.95 Å². The standard InChI is InChI=1S/C11H19N3O/c1-11(4-3-5-11)13-10-12-6-7-14(10)8-9-15-2/h6-7H,3-5,8-9H2,1-2H3,(H,12,13). The number of aromatic nitrogens is 2. The first kappa shape index (κ1) is 10.5. The molecular weight excluding hydrogens is 190 g/mol. The van der Waals surface area contributed by atoms with Gasteiger partial charge in [-0.3, -0.25) is 0 Å². The summed E-state index contributed by atoms with van der Waals surface area (Å²) in [7, 11) is 1.72. The van der Waals surface area contributed by atoms with Gasteiger partial charge in [-0.25, -0.2) is 4.98 Å². The first-order valence-corrected chi connectivity index (χ1v) is 5.52. The van der Waals surface area contributed by atoms with Crippen LogP contribution in [0.25, 0.3) is 0 Å². The van der Waals surface area contributed by atoms with Crippen LogP contribution in [0.3, 0.4) is 0 Å². The van der Waals surface area contributed by atoms with E-state index in [1.165, 1.54) is 19.3 Å². The summed E-state index contributed by atoms with van der Waals surface area (Å²) in [5.74, 6) is 0.967. The molecule has 0 unspecified atom stereocenters. The van der Waals surface area contributed by atoms with Gasteiger partial charge >= 0.3 is 0 Å². The van der Waals surface area contributed by atoms with Gasteiger partial charge in [-0.1, -0.05) is 0 Å². The fraction of sp³-hybridized carbons (Fsp3) is 0.727. The lowest BCUT2D eigenvalue weighted by Crippen LogP contribution is -2.42. The third-order valence-electron chi connectivity index (χ3n) is 3.12. The molecule has 1 saturated carbocycles. The Balaban J connectivity index is 1.98. The summed E-state index contributed by atoms with van der Waals surface area (Å²) in [6.07, 6.45) is 7.62. The van der Waals surface area contributed by atoms with Gasteiger partial charge in [0.15, 0.2) is 0 Å². The summed E-state index contributed by atoms with van der Waals surface area (Å²) >= 11 is 0. The summed E-state index contributed by atoms with van der Waals surface area (Å²) in [6, 6.07) is 0. The number of hydrogen-bond donors (Lipinski definition) is 1. The Morgan fingerprint density at radius 2 is 2.40 bits per heavy atom. The molecule has 1 aliphatic carbocycles. The quantitative estimate of drug-likeness (QED) is 0.804. The van der Waals surface area contributed by atoms with Crippen molar-refractivity contribution in [1.82, 2.24) is 9.55 Å². The number of anilines is 1. The second-order valence-corrected chi connectivity index (χ2v) is 4.48. The van der Waals surface area contributed by atoms with Crippen LogP contribution in [-0.4, -0.2) is 28.8 Å². The molecule has 1 fully saturated rings. The fourth-order valence-corrected chi connectivity index (χ4v) is 1.91. The number of nitrogens with zero attached hydrogens (tertiary/aromatic N) is 2. The van der Waals surface area contributed by atoms with Gasteiger partial charge < -0.3 is 14.6 Å². The minimum Gasteiger partial charge on any atom is -0.383 e. The highest BCUT2D eigenvalue weighted by Gasteiger charge is 2.32. The summed E-state index contributed by atoms with van der Waals surface area (Å²) in [4.78, 5) is 4.33. The number of ether oxygens (including phenoxy) is 1. The van der Waals surface area contributed by atoms with Gasteiger partial charge in [0, 0.05) is 31.6 Å². The predicted molar refractivity (Wildman–Crippen MR) is 60.0 cm³/mol. The van der Waals surface area contributed by atoms with Crippen molar-refractivity contribution in [3.05, 3.63) is 12.4 Å². The van der Waals surface area contributed by atoms with Crippen molar-refractivity contribution in [3.63, 3.8) is 0 Å². The SMILES string of the molecule is COCCn1ccnc1NC1(C)CCC1. The molecule has 0 radical (unpaired) electrons. The third-order valence-corrected chi connectivity index (χ3v) is 3.12. The second-order valence-electron chi connectivity index (χ2n) is 4.48. The molecule has 0 aliphatic heterocycles. The first-order chi connectivity index (χ1) is 7.23. The Labute approximate surface area is 90.6 Å². The largest absolute Gasteiger partial charge is 0.383 e. The zero-order chi connectivity index (χ0) is 10.7. The Morgan fingerprint density at radius 1 is 1.60 bits per heavy atom. The minimum atomic E-state index is 0.260. The summed E-state index contributed by atoms with van der Waals surface area (Å²) in [6.45, 7) is 3.84. The average molecular weight is 209 g/mol. The van der Waals surface area contributed by atoms with E-state index in [9.17, 15) is 0 Å². The molecule has 4 nitrogen and oxygen atoms in total. The zero-order valence-electron chi connectivity index (χ0n) is 9.49. The molecule has 4 heteroatoms. The van der Waals surface area contributed by atoms with Gasteiger partial charge in [-0.05, 0) is 26.2 Å². The highest BCUT2D eigenvalue weighted by molar-refractivity contribution is 5.31. The summed E-state index contributed by atoms with van der Waals surface area (Å²) < 4.78 is 7.17. The van der Waals surface area contributed by atoms with Crippen LogP contribution in [0.2, 0.25) is 0 Å². The van der Waals surface area contributed by atoms with Crippen molar-refractivity contribution in [3.8, 4) is 0 Å². The van der Waals surface area contributed by atoms with Crippen molar-refractivity contribution in [1.29, 1.82) is 0 Å². The molecule has 0 atom stereocenters. The number of methoxy groups -OCH3 is 1. The predicted octanol–water partition coefficient (Wildman–Crippen LogP) is 1.88. The molecular formula is C11H19N3O. The fourth-order valence-electron chi connectivity index (χ4n) is 1.91. The molecule has 0 bridgehead atoms. The number of imidazole rings is 1. The van der Waals surface area contributed by atoms with E-state index >= 15 is 0 Å². The van der Waals surface area contributed by atoms with E-state index < -0.39 is 0 Å². The van der Waals surface area contributed by atoms with Gasteiger partial charge in [-0.15, -0.1) is 0 Å². The monoisotopic (exact) mass is 209 g/mol. The smallest absolute Gasteiger partial charge is 0.203 e. The maximum atomic E-state index is 5.06. The lowest BCUT2D eigenvalue weighted by molar-refractivity contribution is 0.187. The van der Waals surface area contributed by atoms with Crippen LogP contribution < -0.4 is 5.32 Å². The molecule has 0 saturated heterocycles. The van der Waals surface area contributed by atoms with E-state index in [1.807, 2.05) is 12.4 Å². The van der Waals surface area contributed by atoms with Crippen molar-refractivity contribution in [2.24, 2.45) is 0 Å². The van der Waals surface area contributed by atoms with Crippen molar-refractivity contribution in [2.75, 3.05) is 19.0 Å². The minimum absolute atomic E-state index is 0.260. The number of rotatable bonds is 5. The van der Waals surface area contributed by atoms with Gasteiger partial charge in [0.05, 0.1) is 6.61 Å². The average Bonchev–Trinajstić information content (AvgIpc) is 2.60. The van der Waals surface area contributed by atoms with Gasteiger partial charge in [0.1, 0.15) is 0 Å². The highest BCUT2D eigenvalue weighted by Crippen LogP contribution is 2.34. The molecule has 84 valence electrons. The molecule has 0 aromatic carbocycles. The van der Waals surface area contributed by atoms with Crippen molar-refractivity contribution in [2.45, 2.75) is 38.3 Å². The normalized spacial score (nSPS) is 18.5. The van der Waals surface area contributed by atoms with Crippen molar-refractivity contribution < 1.29 is 4.74 Å². The van der Waals surface area contributed by atoms with E-state index in [2.05, 4.69) is 21.8 Å². The zero-order valence-corrected chi connectivity index (χ0v) is 9.49. The molecule has 15 heavy (non-hydrogen) atoms. The van der Waals surface area contributed by atoms with Crippen LogP contribution in [0.4, 0.5) is 5.95 Å². The molecule has 2 rings (SSSR count). The molecule has 1 heterocycles. The molecule has 1 aliphatic rings. The Morgan fingerprint density at radius 3 is 3.00 bits per heavy atom. The van der Waals surface area contributed by atoms with E-state index in [4.69, 9.17) is 4.74 Å². The Kier molecular flexibility index (Phi) is 2.95. The molecule has 0 spiro atoms. The second kappa shape index (κ2) is 4.23. The van der Waals surface area contributed by atoms with E-state index in [0.29, 0.717) is 0 Å². The number of hydrogen-bond acceptors (Lipinski definition) is 3. The van der Waals surface area contributed by atoms with Crippen LogP contribution in [0, 0.1) is 0 Å². The third kappa shape index (κ3) is 2.31. The van der Waals surface area contributed by atoms with Gasteiger partial charge in [0.25, 0.3) is 0 Å². The summed E-state index contributed by atoms with van der Waals surface area (Å²) in [5, 5.41) is 3.51. The van der Waals surface area contributed by atoms with Crippen LogP contribution >= 0.6 is 0 Å². The Bertz CT molecular complexity index is 317. The lowest BCUT2D eigenvalue weighted by Gasteiger charge is -2.39. The van der Waals surface area contributed by atoms with E-state index in [1.54, 1.807) is 7.11 Å². The van der Waals surface area contributed by atoms with Crippen LogP contribution in [-0.2, 0) is 11.3 Å². The molecule has 1 aromatic rings. The lowest BCUT2D eigenvalue weighted by atomic mass is 9.79. The van der Waals surface area contributed by atoms with Crippen LogP contribution in [0.5, 0.6) is 0 Å². The summed E-state index contributed by atoms with van der Waals surface area (Å²) in [5.41, 5.74) is 0.260. The molecule has 1 N–H and O–H groups in total. The topological polar surface area (TPSA) is 39.1 Å². The molecule has 1 aromatic heterocycles. The first-order valence-electron chi connectivity index (χ1n) is 5.52. The van der Waals surface area contributed by atoms with Crippen LogP contribution in [0.15, 0.2) is 12.4 Å². The highest BCUT2D eigenvalue weighted by atomic mass is 16.5. The van der Waals surface area contributed by atoms with Gasteiger partial charge in [0.2, 0.25) is 5.95 Å². The van der Waals surface area contributed by atoms with E-state index in [0.717, 1.165) is 19.1 Å². The van der Waals surface area contributed by atoms with Crippen LogP contribution in [0.1, 0.15) is 26.2 Å². The maximum Gasteiger partial charge on any atom is 0.203 e. The molecule has 0 amide bonds. The maximum absolute atomic E-state index is 5.06. The Hall–Kier alpha value is -1.03. The van der Waals surface area contributed by atoms with E-state index in [-0.39, 0.29) is 5.54 Å². The number of nitrogens with one attached hydrogen (secondary N) is 1. The van der Waals surface area contributed by atoms with Gasteiger partial charge in [-0.2, -0.15) is 0 Å².